The molecule has 0 fully saturated rings. The Bertz CT molecular complexity index is 484. The van der Waals surface area contributed by atoms with Crippen LogP contribution in [0.3, 0.4) is 0 Å². The summed E-state index contributed by atoms with van der Waals surface area (Å²) in [5, 5.41) is 8.53. The number of rotatable bonds is 6. The molecule has 98 valence electrons. The minimum atomic E-state index is 0.159. The van der Waals surface area contributed by atoms with Gasteiger partial charge in [0.1, 0.15) is 18.7 Å². The van der Waals surface area contributed by atoms with Crippen molar-refractivity contribution in [2.45, 2.75) is 45.8 Å². The molecule has 0 aromatic carbocycles. The van der Waals surface area contributed by atoms with Gasteiger partial charge < -0.3 is 5.73 Å². The van der Waals surface area contributed by atoms with E-state index in [1.807, 2.05) is 28.7 Å². The minimum Gasteiger partial charge on any atom is -0.328 e. The molecule has 0 bridgehead atoms. The highest BCUT2D eigenvalue weighted by atomic mass is 15.4. The van der Waals surface area contributed by atoms with Crippen LogP contribution in [0.25, 0.3) is 0 Å². The fourth-order valence-electron chi connectivity index (χ4n) is 1.92. The zero-order valence-electron chi connectivity index (χ0n) is 11.0. The molecule has 6 nitrogen and oxygen atoms in total. The van der Waals surface area contributed by atoms with Crippen LogP contribution in [0.1, 0.15) is 31.7 Å². The van der Waals surface area contributed by atoms with Gasteiger partial charge in [0.25, 0.3) is 0 Å². The molecule has 18 heavy (non-hydrogen) atoms. The molecule has 0 saturated carbocycles. The van der Waals surface area contributed by atoms with Gasteiger partial charge in [0.05, 0.1) is 6.20 Å². The Balaban J connectivity index is 2.04. The summed E-state index contributed by atoms with van der Waals surface area (Å²) in [6.07, 6.45) is 7.38. The third kappa shape index (κ3) is 3.16. The number of nitrogens with zero attached hydrogens (tertiary/aromatic N) is 5. The molecule has 0 spiro atoms. The first-order chi connectivity index (χ1) is 8.69. The quantitative estimate of drug-likeness (QED) is 0.821. The lowest BCUT2D eigenvalue weighted by Gasteiger charge is -2.04. The molecule has 0 aliphatic rings. The van der Waals surface area contributed by atoms with Crippen molar-refractivity contribution in [2.75, 3.05) is 0 Å². The van der Waals surface area contributed by atoms with Crippen LogP contribution >= 0.6 is 0 Å². The lowest BCUT2D eigenvalue weighted by atomic mass is 10.1. The van der Waals surface area contributed by atoms with E-state index in [9.17, 15) is 0 Å². The fraction of sp³-hybridized carbons (Fsp3) is 0.583. The van der Waals surface area contributed by atoms with Crippen LogP contribution in [0, 0.1) is 0 Å². The van der Waals surface area contributed by atoms with E-state index in [0.29, 0.717) is 6.54 Å². The van der Waals surface area contributed by atoms with Gasteiger partial charge in [-0.25, -0.2) is 9.67 Å². The van der Waals surface area contributed by atoms with Crippen molar-refractivity contribution >= 4 is 0 Å². The second-order valence-electron chi connectivity index (χ2n) is 4.63. The number of hydrogen-bond acceptors (Lipinski definition) is 4. The van der Waals surface area contributed by atoms with Gasteiger partial charge in [-0.2, -0.15) is 10.2 Å². The molecular weight excluding hydrogens is 228 g/mol. The molecule has 0 aliphatic carbocycles. The maximum atomic E-state index is 5.77. The van der Waals surface area contributed by atoms with E-state index in [1.165, 1.54) is 0 Å². The van der Waals surface area contributed by atoms with E-state index in [0.717, 1.165) is 30.8 Å². The van der Waals surface area contributed by atoms with Crippen LogP contribution < -0.4 is 5.73 Å². The summed E-state index contributed by atoms with van der Waals surface area (Å²) in [5.74, 6) is 0.937. The maximum Gasteiger partial charge on any atom is 0.148 e. The van der Waals surface area contributed by atoms with Gasteiger partial charge in [0.2, 0.25) is 0 Å². The van der Waals surface area contributed by atoms with E-state index < -0.39 is 0 Å². The summed E-state index contributed by atoms with van der Waals surface area (Å²) in [6, 6.07) is 0.159. The molecule has 1 unspecified atom stereocenters. The predicted octanol–water partition coefficient (Wildman–Crippen LogP) is 0.823. The number of aromatic nitrogens is 5. The summed E-state index contributed by atoms with van der Waals surface area (Å²) in [4.78, 5) is 4.27. The van der Waals surface area contributed by atoms with Crippen molar-refractivity contribution in [3.8, 4) is 0 Å². The van der Waals surface area contributed by atoms with Crippen molar-refractivity contribution in [2.24, 2.45) is 5.73 Å². The van der Waals surface area contributed by atoms with E-state index in [1.54, 1.807) is 6.33 Å². The van der Waals surface area contributed by atoms with Gasteiger partial charge >= 0.3 is 0 Å². The number of aryl methyl sites for hydroxylation is 1. The monoisotopic (exact) mass is 248 g/mol. The van der Waals surface area contributed by atoms with Gasteiger partial charge in [-0.3, -0.25) is 4.68 Å². The summed E-state index contributed by atoms with van der Waals surface area (Å²) in [6.45, 7) is 5.66. The molecule has 1 atom stereocenters. The van der Waals surface area contributed by atoms with Gasteiger partial charge in [-0.05, 0) is 25.3 Å². The highest BCUT2D eigenvalue weighted by molar-refractivity contribution is 5.06. The van der Waals surface area contributed by atoms with Crippen molar-refractivity contribution in [1.29, 1.82) is 0 Å². The average molecular weight is 248 g/mol. The van der Waals surface area contributed by atoms with Gasteiger partial charge in [0, 0.05) is 18.8 Å². The average Bonchev–Trinajstić information content (AvgIpc) is 2.90. The molecule has 0 aliphatic heterocycles. The molecule has 2 rings (SSSR count). The second kappa shape index (κ2) is 5.77. The highest BCUT2D eigenvalue weighted by Gasteiger charge is 2.06. The first kappa shape index (κ1) is 12.8. The van der Waals surface area contributed by atoms with Crippen LogP contribution in [-0.4, -0.2) is 30.6 Å². The Morgan fingerprint density at radius 1 is 1.39 bits per heavy atom. The molecule has 2 N–H and O–H groups in total. The molecule has 2 aromatic rings. The lowest BCUT2D eigenvalue weighted by Crippen LogP contribution is -2.17. The fourth-order valence-corrected chi connectivity index (χ4v) is 1.92. The molecule has 0 saturated heterocycles. The normalized spacial score (nSPS) is 12.8. The summed E-state index contributed by atoms with van der Waals surface area (Å²) in [7, 11) is 0. The molecule has 6 heteroatoms. The molecule has 0 radical (unpaired) electrons. The first-order valence-electron chi connectivity index (χ1n) is 6.32. The van der Waals surface area contributed by atoms with Crippen molar-refractivity contribution in [1.82, 2.24) is 24.5 Å². The van der Waals surface area contributed by atoms with Gasteiger partial charge in [-0.15, -0.1) is 0 Å². The molecular formula is C12H20N6. The standard InChI is InChI=1S/C12H20N6/c1-3-4-18-12(14-9-16-18)8-17-7-11(6-15-17)5-10(2)13/h6-7,9-10H,3-5,8,13H2,1-2H3. The summed E-state index contributed by atoms with van der Waals surface area (Å²) >= 11 is 0. The molecule has 0 amide bonds. The van der Waals surface area contributed by atoms with E-state index >= 15 is 0 Å². The maximum absolute atomic E-state index is 5.77. The van der Waals surface area contributed by atoms with Gasteiger partial charge in [-0.1, -0.05) is 6.92 Å². The number of nitrogens with two attached hydrogens (primary N) is 1. The van der Waals surface area contributed by atoms with Gasteiger partial charge in [0.15, 0.2) is 0 Å². The first-order valence-corrected chi connectivity index (χ1v) is 6.32. The topological polar surface area (TPSA) is 74.5 Å². The SMILES string of the molecule is CCCn1ncnc1Cn1cc(CC(C)N)cn1. The third-order valence-electron chi connectivity index (χ3n) is 2.68. The Labute approximate surface area is 107 Å². The van der Waals surface area contributed by atoms with E-state index in [-0.39, 0.29) is 6.04 Å². The smallest absolute Gasteiger partial charge is 0.148 e. The Hall–Kier alpha value is -1.69. The summed E-state index contributed by atoms with van der Waals surface area (Å²) in [5.41, 5.74) is 6.93. The Morgan fingerprint density at radius 2 is 2.22 bits per heavy atom. The molecule has 2 aromatic heterocycles. The van der Waals surface area contributed by atoms with Crippen LogP contribution in [0.2, 0.25) is 0 Å². The highest BCUT2D eigenvalue weighted by Crippen LogP contribution is 2.04. The van der Waals surface area contributed by atoms with Crippen LogP contribution in [0.4, 0.5) is 0 Å². The largest absolute Gasteiger partial charge is 0.328 e. The van der Waals surface area contributed by atoms with Crippen molar-refractivity contribution in [3.05, 3.63) is 30.1 Å². The lowest BCUT2D eigenvalue weighted by molar-refractivity contribution is 0.539. The summed E-state index contributed by atoms with van der Waals surface area (Å²) < 4.78 is 3.81. The zero-order chi connectivity index (χ0) is 13.0. The van der Waals surface area contributed by atoms with Crippen molar-refractivity contribution in [3.63, 3.8) is 0 Å². The zero-order valence-corrected chi connectivity index (χ0v) is 11.0. The molecule has 2 heterocycles. The van der Waals surface area contributed by atoms with Crippen LogP contribution in [0.15, 0.2) is 18.7 Å². The Morgan fingerprint density at radius 3 is 2.94 bits per heavy atom. The number of hydrogen-bond donors (Lipinski definition) is 1. The van der Waals surface area contributed by atoms with Crippen molar-refractivity contribution < 1.29 is 0 Å². The van der Waals surface area contributed by atoms with Crippen LogP contribution in [-0.2, 0) is 19.5 Å². The minimum absolute atomic E-state index is 0.159. The van der Waals surface area contributed by atoms with E-state index in [4.69, 9.17) is 5.73 Å². The third-order valence-corrected chi connectivity index (χ3v) is 2.68. The second-order valence-corrected chi connectivity index (χ2v) is 4.63. The van der Waals surface area contributed by atoms with Crippen LogP contribution in [0.5, 0.6) is 0 Å². The Kier molecular flexibility index (Phi) is 4.09. The van der Waals surface area contributed by atoms with E-state index in [2.05, 4.69) is 22.1 Å². The predicted molar refractivity (Wildman–Crippen MR) is 69.0 cm³/mol.